The van der Waals surface area contributed by atoms with E-state index < -0.39 is 0 Å². The van der Waals surface area contributed by atoms with Crippen LogP contribution in [0.5, 0.6) is 0 Å². The molecule has 2 N–H and O–H groups in total. The van der Waals surface area contributed by atoms with Crippen molar-refractivity contribution in [2.24, 2.45) is 0 Å². The number of rotatable bonds is 5. The molecule has 1 aromatic heterocycles. The maximum absolute atomic E-state index is 5.80. The Kier molecular flexibility index (Phi) is 4.64. The molecule has 3 nitrogen and oxygen atoms in total. The molecule has 1 rings (SSSR count). The van der Waals surface area contributed by atoms with Crippen molar-refractivity contribution in [3.8, 4) is 0 Å². The van der Waals surface area contributed by atoms with Crippen LogP contribution in [0, 0.1) is 0 Å². The minimum atomic E-state index is 0.176. The van der Waals surface area contributed by atoms with Crippen LogP contribution >= 0.6 is 11.6 Å². The van der Waals surface area contributed by atoms with Crippen LogP contribution in [0.1, 0.15) is 26.3 Å². The fourth-order valence-corrected chi connectivity index (χ4v) is 1.38. The molecule has 0 aliphatic rings. The zero-order chi connectivity index (χ0) is 11.3. The van der Waals surface area contributed by atoms with Gasteiger partial charge in [0.15, 0.2) is 5.22 Å². The van der Waals surface area contributed by atoms with Crippen molar-refractivity contribution in [2.45, 2.75) is 32.9 Å². The first kappa shape index (κ1) is 12.6. The van der Waals surface area contributed by atoms with E-state index in [0.717, 1.165) is 25.2 Å². The number of furan rings is 1. The Labute approximate surface area is 96.2 Å². The Bertz CT molecular complexity index is 291. The van der Waals surface area contributed by atoms with Gasteiger partial charge in [-0.2, -0.15) is 0 Å². The minimum Gasteiger partial charge on any atom is -0.453 e. The fraction of sp³-hybridized carbons (Fsp3) is 0.636. The zero-order valence-electron chi connectivity index (χ0n) is 9.56. The summed E-state index contributed by atoms with van der Waals surface area (Å²) in [5.41, 5.74) is 1.18. The molecule has 0 atom stereocenters. The maximum Gasteiger partial charge on any atom is 0.197 e. The van der Waals surface area contributed by atoms with Crippen molar-refractivity contribution in [1.82, 2.24) is 10.6 Å². The third-order valence-corrected chi connectivity index (χ3v) is 2.30. The molecule has 15 heavy (non-hydrogen) atoms. The first-order valence-corrected chi connectivity index (χ1v) is 5.54. The van der Waals surface area contributed by atoms with Gasteiger partial charge in [0, 0.05) is 30.7 Å². The van der Waals surface area contributed by atoms with E-state index in [1.807, 2.05) is 6.07 Å². The van der Waals surface area contributed by atoms with Gasteiger partial charge in [-0.25, -0.2) is 0 Å². The second-order valence-corrected chi connectivity index (χ2v) is 4.92. The summed E-state index contributed by atoms with van der Waals surface area (Å²) in [7, 11) is 0. The van der Waals surface area contributed by atoms with Crippen molar-refractivity contribution in [3.63, 3.8) is 0 Å². The van der Waals surface area contributed by atoms with Gasteiger partial charge in [0.1, 0.15) is 0 Å². The van der Waals surface area contributed by atoms with Gasteiger partial charge in [-0.3, -0.25) is 0 Å². The van der Waals surface area contributed by atoms with Crippen LogP contribution in [0.15, 0.2) is 16.7 Å². The van der Waals surface area contributed by atoms with Crippen LogP contribution in [0.2, 0.25) is 5.22 Å². The molecule has 0 spiro atoms. The molecule has 0 fully saturated rings. The molecule has 0 saturated heterocycles. The molecule has 0 amide bonds. The third kappa shape index (κ3) is 5.21. The standard InChI is InChI=1S/C11H19ClN2O/c1-11(2,3)14-6-5-13-8-9-4-7-15-10(9)12/h4,7,13-14H,5-6,8H2,1-3H3. The van der Waals surface area contributed by atoms with Gasteiger partial charge in [0.25, 0.3) is 0 Å². The molecule has 0 bridgehead atoms. The van der Waals surface area contributed by atoms with Gasteiger partial charge in [-0.1, -0.05) is 0 Å². The maximum atomic E-state index is 5.80. The Morgan fingerprint density at radius 1 is 1.33 bits per heavy atom. The minimum absolute atomic E-state index is 0.176. The smallest absolute Gasteiger partial charge is 0.197 e. The predicted molar refractivity (Wildman–Crippen MR) is 63.2 cm³/mol. The summed E-state index contributed by atoms with van der Waals surface area (Å²) in [6.45, 7) is 9.07. The largest absolute Gasteiger partial charge is 0.453 e. The number of halogens is 1. The first-order chi connectivity index (χ1) is 6.99. The first-order valence-electron chi connectivity index (χ1n) is 5.17. The number of nitrogens with one attached hydrogen (secondary N) is 2. The Balaban J connectivity index is 2.10. The highest BCUT2D eigenvalue weighted by Crippen LogP contribution is 2.15. The molecule has 0 radical (unpaired) electrons. The quantitative estimate of drug-likeness (QED) is 0.763. The number of hydrogen-bond donors (Lipinski definition) is 2. The Morgan fingerprint density at radius 2 is 2.07 bits per heavy atom. The molecule has 0 aromatic carbocycles. The van der Waals surface area contributed by atoms with Crippen LogP contribution < -0.4 is 10.6 Å². The summed E-state index contributed by atoms with van der Waals surface area (Å²) in [5, 5.41) is 7.17. The van der Waals surface area contributed by atoms with E-state index in [4.69, 9.17) is 16.0 Å². The lowest BCUT2D eigenvalue weighted by molar-refractivity contribution is 0.421. The summed E-state index contributed by atoms with van der Waals surface area (Å²) in [6, 6.07) is 1.88. The van der Waals surface area contributed by atoms with Crippen LogP contribution in [0.3, 0.4) is 0 Å². The lowest BCUT2D eigenvalue weighted by atomic mass is 10.1. The molecule has 4 heteroatoms. The highest BCUT2D eigenvalue weighted by atomic mass is 35.5. The van der Waals surface area contributed by atoms with Gasteiger partial charge in [0.2, 0.25) is 0 Å². The fourth-order valence-electron chi connectivity index (χ4n) is 1.19. The highest BCUT2D eigenvalue weighted by Gasteiger charge is 2.07. The van der Waals surface area contributed by atoms with Crippen molar-refractivity contribution in [3.05, 3.63) is 23.1 Å². The van der Waals surface area contributed by atoms with Crippen molar-refractivity contribution < 1.29 is 4.42 Å². The molecule has 0 aliphatic carbocycles. The van der Waals surface area contributed by atoms with Gasteiger partial charge >= 0.3 is 0 Å². The zero-order valence-corrected chi connectivity index (χ0v) is 10.3. The van der Waals surface area contributed by atoms with Crippen molar-refractivity contribution >= 4 is 11.6 Å². The van der Waals surface area contributed by atoms with E-state index >= 15 is 0 Å². The monoisotopic (exact) mass is 230 g/mol. The summed E-state index contributed by atoms with van der Waals surface area (Å²) in [4.78, 5) is 0. The van der Waals surface area contributed by atoms with Crippen molar-refractivity contribution in [2.75, 3.05) is 13.1 Å². The highest BCUT2D eigenvalue weighted by molar-refractivity contribution is 6.29. The molecule has 1 heterocycles. The summed E-state index contributed by atoms with van der Waals surface area (Å²) < 4.78 is 4.99. The van der Waals surface area contributed by atoms with E-state index in [9.17, 15) is 0 Å². The van der Waals surface area contributed by atoms with Gasteiger partial charge in [0.05, 0.1) is 6.26 Å². The van der Waals surface area contributed by atoms with Crippen LogP contribution in [0.25, 0.3) is 0 Å². The molecular weight excluding hydrogens is 212 g/mol. The van der Waals surface area contributed by atoms with Crippen molar-refractivity contribution in [1.29, 1.82) is 0 Å². The molecular formula is C11H19ClN2O. The summed E-state index contributed by atoms with van der Waals surface area (Å²) >= 11 is 5.80. The lowest BCUT2D eigenvalue weighted by Gasteiger charge is -2.20. The van der Waals surface area contributed by atoms with Gasteiger partial charge in [-0.15, -0.1) is 0 Å². The molecule has 86 valence electrons. The second-order valence-electron chi connectivity index (χ2n) is 4.57. The van der Waals surface area contributed by atoms with Crippen LogP contribution in [-0.4, -0.2) is 18.6 Å². The molecule has 0 saturated carbocycles. The summed E-state index contributed by atoms with van der Waals surface area (Å²) in [5.74, 6) is 0. The average molecular weight is 231 g/mol. The van der Waals surface area contributed by atoms with E-state index in [2.05, 4.69) is 31.4 Å². The molecule has 1 aromatic rings. The average Bonchev–Trinajstić information content (AvgIpc) is 2.49. The van der Waals surface area contributed by atoms with Crippen LogP contribution in [0.4, 0.5) is 0 Å². The van der Waals surface area contributed by atoms with E-state index in [0.29, 0.717) is 5.22 Å². The van der Waals surface area contributed by atoms with Crippen LogP contribution in [-0.2, 0) is 6.54 Å². The lowest BCUT2D eigenvalue weighted by Crippen LogP contribution is -2.40. The van der Waals surface area contributed by atoms with Gasteiger partial charge in [-0.05, 0) is 38.4 Å². The predicted octanol–water partition coefficient (Wildman–Crippen LogP) is 2.41. The Morgan fingerprint density at radius 3 is 2.60 bits per heavy atom. The van der Waals surface area contributed by atoms with E-state index in [1.54, 1.807) is 6.26 Å². The number of hydrogen-bond acceptors (Lipinski definition) is 3. The van der Waals surface area contributed by atoms with Gasteiger partial charge < -0.3 is 15.1 Å². The second kappa shape index (κ2) is 5.54. The van der Waals surface area contributed by atoms with E-state index in [1.165, 1.54) is 0 Å². The normalized spacial score (nSPS) is 12.0. The topological polar surface area (TPSA) is 37.2 Å². The summed E-state index contributed by atoms with van der Waals surface area (Å²) in [6.07, 6.45) is 1.60. The Hall–Kier alpha value is -0.510. The SMILES string of the molecule is CC(C)(C)NCCNCc1ccoc1Cl. The van der Waals surface area contributed by atoms with E-state index in [-0.39, 0.29) is 5.54 Å². The third-order valence-electron chi connectivity index (χ3n) is 1.97. The molecule has 0 aliphatic heterocycles. The molecule has 0 unspecified atom stereocenters.